The zero-order valence-corrected chi connectivity index (χ0v) is 15.3. The number of carbonyl (C=O) groups excluding carboxylic acids is 1. The third-order valence-electron chi connectivity index (χ3n) is 3.33. The van der Waals surface area contributed by atoms with E-state index >= 15 is 0 Å². The van der Waals surface area contributed by atoms with Crippen LogP contribution in [0.1, 0.15) is 21.5 Å². The summed E-state index contributed by atoms with van der Waals surface area (Å²) in [5.74, 6) is -0.378. The summed E-state index contributed by atoms with van der Waals surface area (Å²) in [6.45, 7) is 1.96. The summed E-state index contributed by atoms with van der Waals surface area (Å²) in [6, 6.07) is 10.5. The van der Waals surface area contributed by atoms with Gasteiger partial charge in [0.05, 0.1) is 0 Å². The number of carbonyl (C=O) groups is 1. The number of hydrogen-bond donors (Lipinski definition) is 2. The Morgan fingerprint density at radius 3 is 2.77 bits per heavy atom. The fourth-order valence-corrected chi connectivity index (χ4v) is 4.02. The third kappa shape index (κ3) is 4.48. The monoisotopic (exact) mass is 389 g/mol. The van der Waals surface area contributed by atoms with Gasteiger partial charge in [0.15, 0.2) is 0 Å². The number of anilines is 1. The van der Waals surface area contributed by atoms with Crippen LogP contribution in [0.3, 0.4) is 0 Å². The molecule has 10 heteroatoms. The lowest BCUT2D eigenvalue weighted by molar-refractivity contribution is 0.102. The molecule has 0 saturated heterocycles. The largest absolute Gasteiger partial charge is 0.296 e. The summed E-state index contributed by atoms with van der Waals surface area (Å²) in [5.41, 5.74) is 2.12. The van der Waals surface area contributed by atoms with Gasteiger partial charge in [0.1, 0.15) is 0 Å². The molecule has 0 aliphatic rings. The minimum absolute atomic E-state index is 0.0841. The number of rotatable bonds is 6. The van der Waals surface area contributed by atoms with Gasteiger partial charge in [-0.05, 0) is 30.7 Å². The summed E-state index contributed by atoms with van der Waals surface area (Å²) in [6.07, 6.45) is 3.17. The van der Waals surface area contributed by atoms with Gasteiger partial charge < -0.3 is 0 Å². The number of aromatic nitrogens is 3. The van der Waals surface area contributed by atoms with Crippen LogP contribution in [-0.4, -0.2) is 29.5 Å². The van der Waals surface area contributed by atoms with Gasteiger partial charge in [-0.3, -0.25) is 15.1 Å². The van der Waals surface area contributed by atoms with Crippen molar-refractivity contribution in [2.75, 3.05) is 5.32 Å². The van der Waals surface area contributed by atoms with Gasteiger partial charge in [0.2, 0.25) is 9.47 Å². The molecule has 0 bridgehead atoms. The topological polar surface area (TPSA) is 114 Å². The van der Waals surface area contributed by atoms with Crippen LogP contribution < -0.4 is 10.0 Å². The van der Waals surface area contributed by atoms with Crippen LogP contribution in [0.4, 0.5) is 5.13 Å². The van der Waals surface area contributed by atoms with Crippen molar-refractivity contribution >= 4 is 32.4 Å². The highest BCUT2D eigenvalue weighted by molar-refractivity contribution is 7.91. The normalized spacial score (nSPS) is 11.3. The van der Waals surface area contributed by atoms with Crippen LogP contribution in [-0.2, 0) is 16.6 Å². The number of nitrogens with one attached hydrogen (secondary N) is 2. The molecule has 0 spiro atoms. The van der Waals surface area contributed by atoms with E-state index in [0.29, 0.717) is 11.1 Å². The highest BCUT2D eigenvalue weighted by Gasteiger charge is 2.21. The number of benzene rings is 1. The highest BCUT2D eigenvalue weighted by Crippen LogP contribution is 2.20. The molecule has 1 amide bonds. The Morgan fingerprint density at radius 2 is 2.04 bits per heavy atom. The first-order valence-corrected chi connectivity index (χ1v) is 9.84. The number of amides is 1. The number of nitrogens with zero attached hydrogens (tertiary/aromatic N) is 3. The second-order valence-electron chi connectivity index (χ2n) is 5.38. The predicted octanol–water partition coefficient (Wildman–Crippen LogP) is 1.97. The molecule has 8 nitrogen and oxygen atoms in total. The van der Waals surface area contributed by atoms with Crippen LogP contribution in [0.25, 0.3) is 0 Å². The molecule has 0 atom stereocenters. The summed E-state index contributed by atoms with van der Waals surface area (Å²) in [7, 11) is -3.83. The lowest BCUT2D eigenvalue weighted by Crippen LogP contribution is -2.23. The maximum atomic E-state index is 12.3. The Labute approximate surface area is 154 Å². The van der Waals surface area contributed by atoms with E-state index < -0.39 is 10.0 Å². The van der Waals surface area contributed by atoms with Crippen molar-refractivity contribution < 1.29 is 13.2 Å². The molecule has 2 aromatic heterocycles. The van der Waals surface area contributed by atoms with Gasteiger partial charge in [-0.1, -0.05) is 35.1 Å². The molecule has 1 aromatic carbocycles. The number of sulfonamides is 1. The smallest absolute Gasteiger partial charge is 0.270 e. The van der Waals surface area contributed by atoms with E-state index in [2.05, 4.69) is 25.2 Å². The van der Waals surface area contributed by atoms with E-state index in [4.69, 9.17) is 0 Å². The molecule has 134 valence electrons. The first kappa shape index (κ1) is 18.1. The Hall–Kier alpha value is -2.69. The van der Waals surface area contributed by atoms with Gasteiger partial charge in [-0.2, -0.15) is 0 Å². The van der Waals surface area contributed by atoms with Gasteiger partial charge >= 0.3 is 0 Å². The minimum atomic E-state index is -3.83. The second kappa shape index (κ2) is 7.68. The lowest BCUT2D eigenvalue weighted by atomic mass is 10.1. The van der Waals surface area contributed by atoms with Gasteiger partial charge in [-0.15, -0.1) is 10.2 Å². The summed E-state index contributed by atoms with van der Waals surface area (Å²) in [4.78, 5) is 16.1. The Morgan fingerprint density at radius 1 is 1.19 bits per heavy atom. The highest BCUT2D eigenvalue weighted by atomic mass is 32.2. The fourth-order valence-electron chi connectivity index (χ4n) is 2.07. The number of aryl methyl sites for hydroxylation is 1. The quantitative estimate of drug-likeness (QED) is 0.623. The van der Waals surface area contributed by atoms with Crippen LogP contribution in [0.15, 0.2) is 53.1 Å². The first-order chi connectivity index (χ1) is 12.4. The van der Waals surface area contributed by atoms with E-state index in [1.54, 1.807) is 42.7 Å². The minimum Gasteiger partial charge on any atom is -0.296 e. The average molecular weight is 389 g/mol. The van der Waals surface area contributed by atoms with Crippen LogP contribution in [0.5, 0.6) is 0 Å². The summed E-state index contributed by atoms with van der Waals surface area (Å²) in [5, 5.41) is 10.0. The number of pyridine rings is 1. The van der Waals surface area contributed by atoms with Crippen molar-refractivity contribution in [1.82, 2.24) is 19.9 Å². The van der Waals surface area contributed by atoms with Crippen molar-refractivity contribution in [1.29, 1.82) is 0 Å². The van der Waals surface area contributed by atoms with Gasteiger partial charge in [0.25, 0.3) is 15.9 Å². The zero-order chi connectivity index (χ0) is 18.6. The van der Waals surface area contributed by atoms with Crippen molar-refractivity contribution in [3.8, 4) is 0 Å². The molecule has 0 fully saturated rings. The van der Waals surface area contributed by atoms with Crippen molar-refractivity contribution in [2.24, 2.45) is 0 Å². The molecule has 0 unspecified atom stereocenters. The average Bonchev–Trinajstić information content (AvgIpc) is 3.10. The van der Waals surface area contributed by atoms with Crippen LogP contribution >= 0.6 is 11.3 Å². The SMILES string of the molecule is Cc1cccc(C(=O)Nc2nnc(S(=O)(=O)NCc3cccnc3)s2)c1. The zero-order valence-electron chi connectivity index (χ0n) is 13.7. The van der Waals surface area contributed by atoms with Crippen molar-refractivity contribution in [3.63, 3.8) is 0 Å². The molecule has 0 aliphatic carbocycles. The fraction of sp³-hybridized carbons (Fsp3) is 0.125. The molecule has 26 heavy (non-hydrogen) atoms. The van der Waals surface area contributed by atoms with E-state index in [0.717, 1.165) is 16.9 Å². The third-order valence-corrected chi connectivity index (χ3v) is 5.93. The second-order valence-corrected chi connectivity index (χ2v) is 8.30. The molecule has 0 radical (unpaired) electrons. The van der Waals surface area contributed by atoms with Crippen molar-refractivity contribution in [3.05, 3.63) is 65.5 Å². The molecule has 2 heterocycles. The van der Waals surface area contributed by atoms with Gasteiger partial charge in [0, 0.05) is 24.5 Å². The molecule has 3 aromatic rings. The molecule has 2 N–H and O–H groups in total. The lowest BCUT2D eigenvalue weighted by Gasteiger charge is -2.03. The van der Waals surface area contributed by atoms with Crippen molar-refractivity contribution in [2.45, 2.75) is 17.8 Å². The van der Waals surface area contributed by atoms with E-state index in [-0.39, 0.29) is 21.9 Å². The Bertz CT molecular complexity index is 1020. The number of hydrogen-bond acceptors (Lipinski definition) is 7. The van der Waals surface area contributed by atoms with E-state index in [1.807, 2.05) is 13.0 Å². The molecular weight excluding hydrogens is 374 g/mol. The standard InChI is InChI=1S/C16H15N5O3S2/c1-11-4-2-6-13(8-11)14(22)19-15-20-21-16(25-15)26(23,24)18-10-12-5-3-7-17-9-12/h2-9,18H,10H2,1H3,(H,19,20,22). The summed E-state index contributed by atoms with van der Waals surface area (Å²) >= 11 is 0.782. The predicted molar refractivity (Wildman–Crippen MR) is 97.3 cm³/mol. The molecule has 0 aliphatic heterocycles. The van der Waals surface area contributed by atoms with Crippen LogP contribution in [0, 0.1) is 6.92 Å². The first-order valence-electron chi connectivity index (χ1n) is 7.54. The maximum absolute atomic E-state index is 12.3. The Kier molecular flexibility index (Phi) is 5.35. The van der Waals surface area contributed by atoms with E-state index in [9.17, 15) is 13.2 Å². The van der Waals surface area contributed by atoms with E-state index in [1.165, 1.54) is 0 Å². The molecule has 0 saturated carbocycles. The molecule has 3 rings (SSSR count). The maximum Gasteiger partial charge on any atom is 0.270 e. The Balaban J connectivity index is 1.67. The molecular formula is C16H15N5O3S2. The van der Waals surface area contributed by atoms with Gasteiger partial charge in [-0.25, -0.2) is 13.1 Å². The van der Waals surface area contributed by atoms with Crippen LogP contribution in [0.2, 0.25) is 0 Å². The summed E-state index contributed by atoms with van der Waals surface area (Å²) < 4.78 is 26.8.